The van der Waals surface area contributed by atoms with Crippen molar-refractivity contribution in [1.82, 2.24) is 19.9 Å². The summed E-state index contributed by atoms with van der Waals surface area (Å²) in [7, 11) is 0. The molecule has 0 bridgehead atoms. The van der Waals surface area contributed by atoms with E-state index < -0.39 is 6.04 Å². The molecule has 0 spiro atoms. The summed E-state index contributed by atoms with van der Waals surface area (Å²) in [4.78, 5) is 34.5. The van der Waals surface area contributed by atoms with Gasteiger partial charge < -0.3 is 16.4 Å². The first-order valence-corrected chi connectivity index (χ1v) is 10.8. The summed E-state index contributed by atoms with van der Waals surface area (Å²) in [6.45, 7) is 5.31. The van der Waals surface area contributed by atoms with E-state index in [9.17, 15) is 9.59 Å². The second-order valence-electron chi connectivity index (χ2n) is 8.26. The van der Waals surface area contributed by atoms with Crippen LogP contribution in [0.5, 0.6) is 0 Å². The Labute approximate surface area is 186 Å². The standard InChI is InChI=1S/C24H28N6O2/c1-15-7-16(2)9-18(8-15)13-27-22-24(32)30-20(14-28-22)5-6-21(30)23(31)29-12-17-3-4-19(10-25)26-11-17/h3-4,7-9,11,14,21H,5-6,10,12-13,25H2,1-2H3,(H,27,28)(H,29,31)/t21-/m0/s1. The zero-order valence-corrected chi connectivity index (χ0v) is 18.4. The van der Waals surface area contributed by atoms with Crippen LogP contribution in [0.1, 0.15) is 46.1 Å². The van der Waals surface area contributed by atoms with Crippen molar-refractivity contribution in [3.63, 3.8) is 0 Å². The Balaban J connectivity index is 1.46. The first-order valence-electron chi connectivity index (χ1n) is 10.8. The molecule has 1 aromatic carbocycles. The van der Waals surface area contributed by atoms with E-state index in [0.717, 1.165) is 22.5 Å². The number of rotatable bonds is 7. The summed E-state index contributed by atoms with van der Waals surface area (Å²) in [6.07, 6.45) is 4.61. The van der Waals surface area contributed by atoms with Crippen molar-refractivity contribution in [2.45, 2.75) is 52.4 Å². The van der Waals surface area contributed by atoms with Crippen LogP contribution in [-0.2, 0) is 30.8 Å². The smallest absolute Gasteiger partial charge is 0.294 e. The number of carbonyl (C=O) groups is 1. The first-order chi connectivity index (χ1) is 15.4. The van der Waals surface area contributed by atoms with Gasteiger partial charge in [0.25, 0.3) is 5.56 Å². The molecular formula is C24H28N6O2. The molecule has 2 aromatic heterocycles. The van der Waals surface area contributed by atoms with Gasteiger partial charge in [-0.15, -0.1) is 0 Å². The number of nitrogens with two attached hydrogens (primary N) is 1. The highest BCUT2D eigenvalue weighted by Crippen LogP contribution is 2.24. The molecule has 0 saturated carbocycles. The van der Waals surface area contributed by atoms with Gasteiger partial charge in [-0.2, -0.15) is 0 Å². The van der Waals surface area contributed by atoms with Gasteiger partial charge in [0.15, 0.2) is 5.82 Å². The second kappa shape index (κ2) is 9.32. The number of nitrogens with zero attached hydrogens (tertiary/aromatic N) is 3. The third kappa shape index (κ3) is 4.70. The highest BCUT2D eigenvalue weighted by atomic mass is 16.2. The van der Waals surface area contributed by atoms with Crippen LogP contribution < -0.4 is 21.9 Å². The number of hydrogen-bond donors (Lipinski definition) is 3. The molecule has 0 aliphatic carbocycles. The topological polar surface area (TPSA) is 115 Å². The van der Waals surface area contributed by atoms with Crippen LogP contribution in [0.4, 0.5) is 5.82 Å². The normalized spacial score (nSPS) is 14.8. The average Bonchev–Trinajstić information content (AvgIpc) is 3.22. The Bertz CT molecular complexity index is 1170. The number of aryl methyl sites for hydroxylation is 3. The van der Waals surface area contributed by atoms with Crippen LogP contribution in [0.3, 0.4) is 0 Å². The molecule has 0 fully saturated rings. The van der Waals surface area contributed by atoms with E-state index in [1.54, 1.807) is 17.0 Å². The van der Waals surface area contributed by atoms with E-state index in [2.05, 4.69) is 38.8 Å². The van der Waals surface area contributed by atoms with E-state index in [4.69, 9.17) is 5.73 Å². The lowest BCUT2D eigenvalue weighted by molar-refractivity contribution is -0.124. The van der Waals surface area contributed by atoms with E-state index >= 15 is 0 Å². The zero-order chi connectivity index (χ0) is 22.7. The number of hydrogen-bond acceptors (Lipinski definition) is 6. The van der Waals surface area contributed by atoms with Gasteiger partial charge in [0, 0.05) is 37.7 Å². The Kier molecular flexibility index (Phi) is 6.32. The molecule has 1 aliphatic rings. The van der Waals surface area contributed by atoms with Gasteiger partial charge in [0.05, 0.1) is 5.69 Å². The molecule has 0 saturated heterocycles. The van der Waals surface area contributed by atoms with Crippen LogP contribution in [0.2, 0.25) is 0 Å². The predicted octanol–water partition coefficient (Wildman–Crippen LogP) is 2.13. The van der Waals surface area contributed by atoms with Gasteiger partial charge in [-0.1, -0.05) is 35.4 Å². The summed E-state index contributed by atoms with van der Waals surface area (Å²) in [5.41, 5.74) is 11.2. The number of aromatic nitrogens is 3. The summed E-state index contributed by atoms with van der Waals surface area (Å²) in [5, 5.41) is 6.07. The lowest BCUT2D eigenvalue weighted by Gasteiger charge is -2.16. The van der Waals surface area contributed by atoms with Crippen molar-refractivity contribution in [2.24, 2.45) is 5.73 Å². The molecular weight excluding hydrogens is 404 g/mol. The van der Waals surface area contributed by atoms with Crippen molar-refractivity contribution in [3.05, 3.63) is 86.7 Å². The van der Waals surface area contributed by atoms with Gasteiger partial charge in [0.2, 0.25) is 5.91 Å². The molecule has 166 valence electrons. The molecule has 4 N–H and O–H groups in total. The maximum atomic E-state index is 13.1. The van der Waals surface area contributed by atoms with Crippen LogP contribution >= 0.6 is 0 Å². The number of nitrogens with one attached hydrogen (secondary N) is 2. The van der Waals surface area contributed by atoms with Crippen LogP contribution in [0, 0.1) is 13.8 Å². The van der Waals surface area contributed by atoms with E-state index in [-0.39, 0.29) is 17.3 Å². The summed E-state index contributed by atoms with van der Waals surface area (Å²) >= 11 is 0. The van der Waals surface area contributed by atoms with Crippen LogP contribution in [0.15, 0.2) is 47.5 Å². The number of benzene rings is 1. The molecule has 4 rings (SSSR count). The van der Waals surface area contributed by atoms with Crippen molar-refractivity contribution < 1.29 is 4.79 Å². The maximum Gasteiger partial charge on any atom is 0.294 e. The Hall–Kier alpha value is -3.52. The minimum atomic E-state index is -0.543. The van der Waals surface area contributed by atoms with Gasteiger partial charge in [0.1, 0.15) is 6.04 Å². The summed E-state index contributed by atoms with van der Waals surface area (Å²) in [6, 6.07) is 9.46. The van der Waals surface area contributed by atoms with Crippen LogP contribution in [-0.4, -0.2) is 20.4 Å². The van der Waals surface area contributed by atoms with Gasteiger partial charge >= 0.3 is 0 Å². The van der Waals surface area contributed by atoms with Crippen molar-refractivity contribution >= 4 is 11.7 Å². The van der Waals surface area contributed by atoms with Crippen LogP contribution in [0.25, 0.3) is 0 Å². The lowest BCUT2D eigenvalue weighted by Crippen LogP contribution is -2.36. The van der Waals surface area contributed by atoms with Gasteiger partial charge in [-0.3, -0.25) is 19.1 Å². The second-order valence-corrected chi connectivity index (χ2v) is 8.26. The molecule has 32 heavy (non-hydrogen) atoms. The quantitative estimate of drug-likeness (QED) is 0.527. The number of amides is 1. The number of fused-ring (bicyclic) bond motifs is 1. The Morgan fingerprint density at radius 2 is 1.88 bits per heavy atom. The number of anilines is 1. The van der Waals surface area contributed by atoms with Crippen molar-refractivity contribution in [1.29, 1.82) is 0 Å². The summed E-state index contributed by atoms with van der Waals surface area (Å²) in [5.74, 6) is 0.0781. The zero-order valence-electron chi connectivity index (χ0n) is 18.4. The summed E-state index contributed by atoms with van der Waals surface area (Å²) < 4.78 is 1.57. The molecule has 0 unspecified atom stereocenters. The van der Waals surface area contributed by atoms with Crippen molar-refractivity contribution in [3.8, 4) is 0 Å². The third-order valence-electron chi connectivity index (χ3n) is 5.67. The molecule has 8 heteroatoms. The number of pyridine rings is 1. The fourth-order valence-electron chi connectivity index (χ4n) is 4.16. The SMILES string of the molecule is Cc1cc(C)cc(CNc2ncc3n(c2=O)[C@H](C(=O)NCc2ccc(CN)nc2)CC3)c1. The highest BCUT2D eigenvalue weighted by molar-refractivity contribution is 5.81. The monoisotopic (exact) mass is 432 g/mol. The Morgan fingerprint density at radius 1 is 1.09 bits per heavy atom. The largest absolute Gasteiger partial charge is 0.361 e. The average molecular weight is 433 g/mol. The van der Waals surface area contributed by atoms with E-state index in [0.29, 0.717) is 32.5 Å². The first kappa shape index (κ1) is 21.7. The molecule has 1 atom stereocenters. The highest BCUT2D eigenvalue weighted by Gasteiger charge is 2.30. The number of carbonyl (C=O) groups excluding carboxylic acids is 1. The van der Waals surface area contributed by atoms with Gasteiger partial charge in [-0.05, 0) is 43.9 Å². The fourth-order valence-corrected chi connectivity index (χ4v) is 4.16. The fraction of sp³-hybridized carbons (Fsp3) is 0.333. The minimum absolute atomic E-state index is 0.180. The van der Waals surface area contributed by atoms with Crippen molar-refractivity contribution in [2.75, 3.05) is 5.32 Å². The molecule has 3 heterocycles. The molecule has 3 aromatic rings. The molecule has 8 nitrogen and oxygen atoms in total. The Morgan fingerprint density at radius 3 is 2.56 bits per heavy atom. The lowest BCUT2D eigenvalue weighted by atomic mass is 10.1. The molecule has 0 radical (unpaired) electrons. The minimum Gasteiger partial charge on any atom is -0.361 e. The van der Waals surface area contributed by atoms with Gasteiger partial charge in [-0.25, -0.2) is 4.98 Å². The molecule has 1 aliphatic heterocycles. The molecule has 1 amide bonds. The van der Waals surface area contributed by atoms with E-state index in [1.165, 1.54) is 11.1 Å². The maximum absolute atomic E-state index is 13.1. The predicted molar refractivity (Wildman–Crippen MR) is 123 cm³/mol. The van der Waals surface area contributed by atoms with E-state index in [1.807, 2.05) is 26.0 Å². The third-order valence-corrected chi connectivity index (χ3v) is 5.67.